The van der Waals surface area contributed by atoms with Gasteiger partial charge < -0.3 is 15.7 Å². The molecule has 0 unspecified atom stereocenters. The number of hydrogen-bond donors (Lipinski definition) is 3. The Morgan fingerprint density at radius 1 is 1.28 bits per heavy atom. The second-order valence-corrected chi connectivity index (χ2v) is 4.25. The summed E-state index contributed by atoms with van der Waals surface area (Å²) in [6.45, 7) is 4.19. The van der Waals surface area contributed by atoms with E-state index in [2.05, 4.69) is 10.6 Å². The Labute approximate surface area is 106 Å². The molecule has 0 atom stereocenters. The Kier molecular flexibility index (Phi) is 5.17. The molecule has 18 heavy (non-hydrogen) atoms. The Hall–Kier alpha value is -2.04. The molecule has 0 heterocycles. The number of benzene rings is 1. The van der Waals surface area contributed by atoms with Gasteiger partial charge in [-0.15, -0.1) is 0 Å². The number of anilines is 1. The third kappa shape index (κ3) is 4.45. The van der Waals surface area contributed by atoms with Crippen molar-refractivity contribution < 1.29 is 14.7 Å². The van der Waals surface area contributed by atoms with Crippen LogP contribution >= 0.6 is 0 Å². The topological polar surface area (TPSA) is 78.4 Å². The normalized spacial score (nSPS) is 10.2. The van der Waals surface area contributed by atoms with Gasteiger partial charge in [-0.1, -0.05) is 12.1 Å². The number of rotatable bonds is 6. The molecule has 0 aliphatic carbocycles. The summed E-state index contributed by atoms with van der Waals surface area (Å²) in [4.78, 5) is 22.3. The maximum atomic E-state index is 11.4. The minimum atomic E-state index is -0.982. The van der Waals surface area contributed by atoms with E-state index in [9.17, 15) is 9.59 Å². The summed E-state index contributed by atoms with van der Waals surface area (Å²) in [5.41, 5.74) is 0.740. The fourth-order valence-electron chi connectivity index (χ4n) is 1.53. The summed E-state index contributed by atoms with van der Waals surface area (Å²) in [6, 6.07) is 6.75. The average molecular weight is 250 g/mol. The molecule has 0 radical (unpaired) electrons. The first-order chi connectivity index (χ1) is 8.50. The molecular formula is C13H18N2O3. The van der Waals surface area contributed by atoms with Gasteiger partial charge in [0, 0.05) is 24.7 Å². The Morgan fingerprint density at radius 2 is 1.94 bits per heavy atom. The van der Waals surface area contributed by atoms with E-state index in [-0.39, 0.29) is 17.5 Å². The van der Waals surface area contributed by atoms with Crippen LogP contribution < -0.4 is 10.6 Å². The minimum Gasteiger partial charge on any atom is -0.478 e. The fraction of sp³-hybridized carbons (Fsp3) is 0.385. The largest absolute Gasteiger partial charge is 0.478 e. The zero-order valence-electron chi connectivity index (χ0n) is 10.6. The van der Waals surface area contributed by atoms with E-state index in [1.807, 2.05) is 13.8 Å². The van der Waals surface area contributed by atoms with Gasteiger partial charge in [0.1, 0.15) is 0 Å². The third-order valence-electron chi connectivity index (χ3n) is 2.27. The number of carboxylic acid groups (broad SMARTS) is 1. The van der Waals surface area contributed by atoms with Crippen LogP contribution in [-0.4, -0.2) is 29.6 Å². The number of carbonyl (C=O) groups is 2. The molecule has 0 aliphatic rings. The molecule has 3 N–H and O–H groups in total. The molecule has 0 spiro atoms. The highest BCUT2D eigenvalue weighted by molar-refractivity contribution is 5.94. The van der Waals surface area contributed by atoms with Gasteiger partial charge >= 0.3 is 5.97 Å². The Balaban J connectivity index is 2.49. The van der Waals surface area contributed by atoms with Gasteiger partial charge in [-0.25, -0.2) is 4.79 Å². The second kappa shape index (κ2) is 6.64. The second-order valence-electron chi connectivity index (χ2n) is 4.25. The molecule has 0 bridgehead atoms. The lowest BCUT2D eigenvalue weighted by Gasteiger charge is -2.11. The molecule has 5 nitrogen and oxygen atoms in total. The molecule has 1 amide bonds. The first-order valence-corrected chi connectivity index (χ1v) is 5.86. The number of para-hydroxylation sites is 1. The maximum Gasteiger partial charge on any atom is 0.337 e. The van der Waals surface area contributed by atoms with E-state index in [0.29, 0.717) is 18.7 Å². The minimum absolute atomic E-state index is 0.0506. The molecule has 0 saturated heterocycles. The highest BCUT2D eigenvalue weighted by Gasteiger charge is 2.09. The van der Waals surface area contributed by atoms with E-state index < -0.39 is 5.97 Å². The van der Waals surface area contributed by atoms with Gasteiger partial charge in [-0.3, -0.25) is 4.79 Å². The molecule has 1 aromatic rings. The SMILES string of the molecule is CC(C)NC(=O)CCNc1ccccc1C(=O)O. The van der Waals surface area contributed by atoms with E-state index in [4.69, 9.17) is 5.11 Å². The molecule has 0 fully saturated rings. The van der Waals surface area contributed by atoms with E-state index in [1.54, 1.807) is 18.2 Å². The number of hydrogen-bond acceptors (Lipinski definition) is 3. The van der Waals surface area contributed by atoms with Crippen molar-refractivity contribution in [1.29, 1.82) is 0 Å². The molecule has 0 aromatic heterocycles. The quantitative estimate of drug-likeness (QED) is 0.718. The summed E-state index contributed by atoms with van der Waals surface area (Å²) in [6.07, 6.45) is 0.312. The standard InChI is InChI=1S/C13H18N2O3/c1-9(2)15-12(16)7-8-14-11-6-4-3-5-10(11)13(17)18/h3-6,9,14H,7-8H2,1-2H3,(H,15,16)(H,17,18). The van der Waals surface area contributed by atoms with Crippen molar-refractivity contribution in [1.82, 2.24) is 5.32 Å². The molecule has 0 saturated carbocycles. The van der Waals surface area contributed by atoms with Crippen molar-refractivity contribution in [2.45, 2.75) is 26.3 Å². The average Bonchev–Trinajstić information content (AvgIpc) is 2.28. The first-order valence-electron chi connectivity index (χ1n) is 5.86. The van der Waals surface area contributed by atoms with Crippen molar-refractivity contribution in [2.75, 3.05) is 11.9 Å². The lowest BCUT2D eigenvalue weighted by atomic mass is 10.2. The summed E-state index contributed by atoms with van der Waals surface area (Å²) < 4.78 is 0. The van der Waals surface area contributed by atoms with Gasteiger partial charge in [-0.2, -0.15) is 0 Å². The van der Waals surface area contributed by atoms with Crippen LogP contribution in [0.3, 0.4) is 0 Å². The van der Waals surface area contributed by atoms with E-state index >= 15 is 0 Å². The maximum absolute atomic E-state index is 11.4. The van der Waals surface area contributed by atoms with E-state index in [0.717, 1.165) is 0 Å². The molecule has 98 valence electrons. The number of carboxylic acids is 1. The summed E-state index contributed by atoms with van der Waals surface area (Å²) in [5, 5.41) is 14.7. The Morgan fingerprint density at radius 3 is 2.56 bits per heavy atom. The van der Waals surface area contributed by atoms with Gasteiger partial charge in [0.15, 0.2) is 0 Å². The predicted octanol–water partition coefficient (Wildman–Crippen LogP) is 1.71. The van der Waals surface area contributed by atoms with E-state index in [1.165, 1.54) is 6.07 Å². The van der Waals surface area contributed by atoms with Gasteiger partial charge in [0.05, 0.1) is 5.56 Å². The van der Waals surface area contributed by atoms with Crippen LogP contribution in [0.1, 0.15) is 30.6 Å². The fourth-order valence-corrected chi connectivity index (χ4v) is 1.53. The highest BCUT2D eigenvalue weighted by Crippen LogP contribution is 2.14. The van der Waals surface area contributed by atoms with Crippen molar-refractivity contribution in [2.24, 2.45) is 0 Å². The first kappa shape index (κ1) is 14.0. The molecule has 1 aromatic carbocycles. The van der Waals surface area contributed by atoms with Crippen LogP contribution in [-0.2, 0) is 4.79 Å². The van der Waals surface area contributed by atoms with Crippen molar-refractivity contribution >= 4 is 17.6 Å². The number of aromatic carboxylic acids is 1. The van der Waals surface area contributed by atoms with Crippen molar-refractivity contribution in [3.05, 3.63) is 29.8 Å². The number of carbonyl (C=O) groups excluding carboxylic acids is 1. The monoisotopic (exact) mass is 250 g/mol. The van der Waals surface area contributed by atoms with Crippen LogP contribution in [0, 0.1) is 0 Å². The Bertz CT molecular complexity index is 430. The van der Waals surface area contributed by atoms with Crippen molar-refractivity contribution in [3.63, 3.8) is 0 Å². The smallest absolute Gasteiger partial charge is 0.337 e. The molecule has 5 heteroatoms. The van der Waals surface area contributed by atoms with Gasteiger partial charge in [0.25, 0.3) is 0 Å². The van der Waals surface area contributed by atoms with Crippen LogP contribution in [0.15, 0.2) is 24.3 Å². The zero-order chi connectivity index (χ0) is 13.5. The predicted molar refractivity (Wildman–Crippen MR) is 69.8 cm³/mol. The molecular weight excluding hydrogens is 232 g/mol. The molecule has 0 aliphatic heterocycles. The summed E-state index contributed by atoms with van der Waals surface area (Å²) in [7, 11) is 0. The lowest BCUT2D eigenvalue weighted by molar-refractivity contribution is -0.121. The molecule has 1 rings (SSSR count). The lowest BCUT2D eigenvalue weighted by Crippen LogP contribution is -2.31. The van der Waals surface area contributed by atoms with Crippen LogP contribution in [0.2, 0.25) is 0 Å². The zero-order valence-corrected chi connectivity index (χ0v) is 10.6. The number of amides is 1. The van der Waals surface area contributed by atoms with Gasteiger partial charge in [0.2, 0.25) is 5.91 Å². The van der Waals surface area contributed by atoms with Crippen LogP contribution in [0.5, 0.6) is 0 Å². The van der Waals surface area contributed by atoms with Crippen molar-refractivity contribution in [3.8, 4) is 0 Å². The highest BCUT2D eigenvalue weighted by atomic mass is 16.4. The van der Waals surface area contributed by atoms with Crippen LogP contribution in [0.25, 0.3) is 0 Å². The van der Waals surface area contributed by atoms with Gasteiger partial charge in [-0.05, 0) is 26.0 Å². The summed E-state index contributed by atoms with van der Waals surface area (Å²) in [5.74, 6) is -1.03. The number of nitrogens with one attached hydrogen (secondary N) is 2. The third-order valence-corrected chi connectivity index (χ3v) is 2.27. The summed E-state index contributed by atoms with van der Waals surface area (Å²) >= 11 is 0. The van der Waals surface area contributed by atoms with Crippen LogP contribution in [0.4, 0.5) is 5.69 Å².